The predicted molar refractivity (Wildman–Crippen MR) is 71.5 cm³/mol. The largest absolute Gasteiger partial charge is 0.399 e. The molecule has 1 amide bonds. The Bertz CT molecular complexity index is 527. The molecule has 0 fully saturated rings. The minimum absolute atomic E-state index is 0.190. The highest BCUT2D eigenvalue weighted by Crippen LogP contribution is 2.16. The van der Waals surface area contributed by atoms with Crippen molar-refractivity contribution in [1.29, 1.82) is 0 Å². The summed E-state index contributed by atoms with van der Waals surface area (Å²) < 4.78 is 0. The highest BCUT2D eigenvalue weighted by molar-refractivity contribution is 7.09. The van der Waals surface area contributed by atoms with Gasteiger partial charge in [-0.15, -0.1) is 11.3 Å². The quantitative estimate of drug-likeness (QED) is 0.878. The standard InChI is InChI=1S/C12H14N4OS/c1-8(12-15-4-5-18-12)7-16-11(17)10-6-9(13)2-3-14-10/h2-6,8H,7H2,1H3,(H2,13,14)(H,16,17). The van der Waals surface area contributed by atoms with Crippen molar-refractivity contribution in [1.82, 2.24) is 15.3 Å². The predicted octanol–water partition coefficient (Wildman–Crippen LogP) is 1.65. The second-order valence-corrected chi connectivity index (χ2v) is 4.88. The number of hydrogen-bond donors (Lipinski definition) is 2. The molecule has 6 heteroatoms. The van der Waals surface area contributed by atoms with Gasteiger partial charge in [-0.25, -0.2) is 4.98 Å². The monoisotopic (exact) mass is 262 g/mol. The normalized spacial score (nSPS) is 12.1. The Balaban J connectivity index is 1.92. The van der Waals surface area contributed by atoms with Gasteiger partial charge < -0.3 is 11.1 Å². The van der Waals surface area contributed by atoms with Crippen molar-refractivity contribution in [2.45, 2.75) is 12.8 Å². The molecule has 0 spiro atoms. The third kappa shape index (κ3) is 3.04. The molecule has 1 unspecified atom stereocenters. The topological polar surface area (TPSA) is 80.9 Å². The highest BCUT2D eigenvalue weighted by atomic mass is 32.1. The molecule has 0 saturated heterocycles. The molecular formula is C12H14N4OS. The first-order valence-electron chi connectivity index (χ1n) is 5.56. The first-order chi connectivity index (χ1) is 8.66. The average Bonchev–Trinajstić information content (AvgIpc) is 2.89. The summed E-state index contributed by atoms with van der Waals surface area (Å²) in [6.07, 6.45) is 3.28. The minimum atomic E-state index is -0.217. The van der Waals surface area contributed by atoms with Crippen molar-refractivity contribution in [2.75, 3.05) is 12.3 Å². The van der Waals surface area contributed by atoms with Gasteiger partial charge in [0, 0.05) is 35.9 Å². The van der Waals surface area contributed by atoms with Crippen LogP contribution >= 0.6 is 11.3 Å². The van der Waals surface area contributed by atoms with Crippen molar-refractivity contribution >= 4 is 22.9 Å². The van der Waals surface area contributed by atoms with Crippen molar-refractivity contribution in [2.24, 2.45) is 0 Å². The molecule has 1 atom stereocenters. The van der Waals surface area contributed by atoms with Crippen molar-refractivity contribution in [3.63, 3.8) is 0 Å². The van der Waals surface area contributed by atoms with E-state index in [0.29, 0.717) is 17.9 Å². The Morgan fingerprint density at radius 2 is 2.33 bits per heavy atom. The van der Waals surface area contributed by atoms with E-state index in [0.717, 1.165) is 5.01 Å². The van der Waals surface area contributed by atoms with E-state index in [9.17, 15) is 4.79 Å². The molecule has 2 aromatic rings. The summed E-state index contributed by atoms with van der Waals surface area (Å²) in [4.78, 5) is 20.0. The van der Waals surface area contributed by atoms with Crippen molar-refractivity contribution in [3.8, 4) is 0 Å². The fraction of sp³-hybridized carbons (Fsp3) is 0.250. The maximum atomic E-state index is 11.8. The fourth-order valence-electron chi connectivity index (χ4n) is 1.47. The van der Waals surface area contributed by atoms with Crippen LogP contribution in [0.5, 0.6) is 0 Å². The molecule has 3 N–H and O–H groups in total. The smallest absolute Gasteiger partial charge is 0.269 e. The Hall–Kier alpha value is -1.95. The van der Waals surface area contributed by atoms with Crippen LogP contribution in [0.2, 0.25) is 0 Å². The third-order valence-electron chi connectivity index (χ3n) is 2.46. The summed E-state index contributed by atoms with van der Waals surface area (Å²) in [5, 5.41) is 5.76. The van der Waals surface area contributed by atoms with Crippen LogP contribution in [0.3, 0.4) is 0 Å². The molecule has 2 aromatic heterocycles. The Labute approximate surface area is 109 Å². The number of aromatic nitrogens is 2. The lowest BCUT2D eigenvalue weighted by atomic mass is 10.2. The maximum absolute atomic E-state index is 11.8. The van der Waals surface area contributed by atoms with Gasteiger partial charge in [0.05, 0.1) is 5.01 Å². The number of nitrogens with zero attached hydrogens (tertiary/aromatic N) is 2. The second kappa shape index (κ2) is 5.59. The molecule has 0 aliphatic rings. The molecule has 2 rings (SSSR count). The van der Waals surface area contributed by atoms with Crippen molar-refractivity contribution < 1.29 is 4.79 Å². The number of hydrogen-bond acceptors (Lipinski definition) is 5. The summed E-state index contributed by atoms with van der Waals surface area (Å²) in [7, 11) is 0. The summed E-state index contributed by atoms with van der Waals surface area (Å²) >= 11 is 1.58. The van der Waals surface area contributed by atoms with E-state index in [-0.39, 0.29) is 11.8 Å². The highest BCUT2D eigenvalue weighted by Gasteiger charge is 2.12. The average molecular weight is 262 g/mol. The summed E-state index contributed by atoms with van der Waals surface area (Å²) in [5.74, 6) is -0.0271. The van der Waals surface area contributed by atoms with Crippen molar-refractivity contribution in [3.05, 3.63) is 40.6 Å². The molecule has 0 aromatic carbocycles. The number of amides is 1. The molecule has 18 heavy (non-hydrogen) atoms. The molecular weight excluding hydrogens is 248 g/mol. The molecule has 0 saturated carbocycles. The lowest BCUT2D eigenvalue weighted by Crippen LogP contribution is -2.28. The second-order valence-electron chi connectivity index (χ2n) is 3.96. The van der Waals surface area contributed by atoms with Crippen LogP contribution < -0.4 is 11.1 Å². The number of pyridine rings is 1. The van der Waals surface area contributed by atoms with E-state index < -0.39 is 0 Å². The van der Waals surface area contributed by atoms with Crippen LogP contribution in [0, 0.1) is 0 Å². The van der Waals surface area contributed by atoms with Crippen LogP contribution in [0.1, 0.15) is 28.3 Å². The SMILES string of the molecule is CC(CNC(=O)c1cc(N)ccn1)c1nccs1. The van der Waals surface area contributed by atoms with Crippen LogP contribution in [0.15, 0.2) is 29.9 Å². The number of thiazole rings is 1. The fourth-order valence-corrected chi connectivity index (χ4v) is 2.17. The zero-order valence-corrected chi connectivity index (χ0v) is 10.8. The van der Waals surface area contributed by atoms with Gasteiger partial charge in [0.2, 0.25) is 0 Å². The summed E-state index contributed by atoms with van der Waals surface area (Å²) in [6, 6.07) is 3.21. The lowest BCUT2D eigenvalue weighted by Gasteiger charge is -2.09. The maximum Gasteiger partial charge on any atom is 0.269 e. The molecule has 5 nitrogen and oxygen atoms in total. The van der Waals surface area contributed by atoms with Crippen LogP contribution in [0.4, 0.5) is 5.69 Å². The summed E-state index contributed by atoms with van der Waals surface area (Å²) in [6.45, 7) is 2.55. The summed E-state index contributed by atoms with van der Waals surface area (Å²) in [5.41, 5.74) is 6.47. The Morgan fingerprint density at radius 1 is 1.50 bits per heavy atom. The van der Waals surface area contributed by atoms with Gasteiger partial charge in [-0.05, 0) is 12.1 Å². The first kappa shape index (κ1) is 12.5. The van der Waals surface area contributed by atoms with E-state index >= 15 is 0 Å². The number of nitrogen functional groups attached to an aromatic ring is 1. The molecule has 0 bridgehead atoms. The van der Waals surface area contributed by atoms with E-state index in [4.69, 9.17) is 5.73 Å². The first-order valence-corrected chi connectivity index (χ1v) is 6.44. The zero-order valence-electron chi connectivity index (χ0n) is 9.96. The molecule has 94 valence electrons. The van der Waals surface area contributed by atoms with Gasteiger partial charge in [-0.3, -0.25) is 9.78 Å². The van der Waals surface area contributed by atoms with Gasteiger partial charge in [0.1, 0.15) is 5.69 Å². The van der Waals surface area contributed by atoms with Crippen LogP contribution in [-0.4, -0.2) is 22.4 Å². The van der Waals surface area contributed by atoms with E-state index in [2.05, 4.69) is 15.3 Å². The zero-order chi connectivity index (χ0) is 13.0. The van der Waals surface area contributed by atoms with Gasteiger partial charge in [0.25, 0.3) is 5.91 Å². The van der Waals surface area contributed by atoms with Crippen LogP contribution in [0.25, 0.3) is 0 Å². The molecule has 0 radical (unpaired) electrons. The van der Waals surface area contributed by atoms with E-state index in [1.54, 1.807) is 29.7 Å². The number of nitrogens with two attached hydrogens (primary N) is 1. The van der Waals surface area contributed by atoms with Gasteiger partial charge in [0.15, 0.2) is 0 Å². The minimum Gasteiger partial charge on any atom is -0.399 e. The lowest BCUT2D eigenvalue weighted by molar-refractivity contribution is 0.0946. The molecule has 2 heterocycles. The Kier molecular flexibility index (Phi) is 3.88. The number of carbonyl (C=O) groups is 1. The van der Waals surface area contributed by atoms with Gasteiger partial charge in [-0.2, -0.15) is 0 Å². The number of carbonyl (C=O) groups excluding carboxylic acids is 1. The Morgan fingerprint density at radius 3 is 3.00 bits per heavy atom. The molecule has 0 aliphatic heterocycles. The molecule has 0 aliphatic carbocycles. The number of anilines is 1. The third-order valence-corrected chi connectivity index (χ3v) is 3.47. The van der Waals surface area contributed by atoms with E-state index in [1.807, 2.05) is 12.3 Å². The van der Waals surface area contributed by atoms with Crippen LogP contribution in [-0.2, 0) is 0 Å². The number of rotatable bonds is 4. The van der Waals surface area contributed by atoms with Gasteiger partial charge in [-0.1, -0.05) is 6.92 Å². The van der Waals surface area contributed by atoms with Gasteiger partial charge >= 0.3 is 0 Å². The number of nitrogens with one attached hydrogen (secondary N) is 1. The van der Waals surface area contributed by atoms with E-state index in [1.165, 1.54) is 6.20 Å².